The summed E-state index contributed by atoms with van der Waals surface area (Å²) in [6.45, 7) is 11.1. The van der Waals surface area contributed by atoms with E-state index in [1.165, 1.54) is 51.1 Å². The predicted octanol–water partition coefficient (Wildman–Crippen LogP) is 3.64. The van der Waals surface area contributed by atoms with E-state index < -0.39 is 0 Å². The van der Waals surface area contributed by atoms with Gasteiger partial charge in [0.1, 0.15) is 0 Å². The number of nitrogens with zero attached hydrogens (tertiary/aromatic N) is 1. The number of likely N-dealkylation sites (tertiary alicyclic amines) is 1. The topological polar surface area (TPSA) is 3.24 Å². The van der Waals surface area contributed by atoms with Crippen molar-refractivity contribution in [2.75, 3.05) is 25.4 Å². The van der Waals surface area contributed by atoms with Crippen LogP contribution in [-0.2, 0) is 0 Å². The smallest absolute Gasteiger partial charge is 0.00729 e. The molecule has 2 rings (SSSR count). The molecule has 0 aromatic rings. The second kappa shape index (κ2) is 5.30. The SMILES string of the molecule is CC1CCC2(CC1)CN(CCSC(C)C)C2. The molecule has 0 radical (unpaired) electrons. The molecule has 1 saturated carbocycles. The van der Waals surface area contributed by atoms with Crippen LogP contribution in [0.5, 0.6) is 0 Å². The Bertz CT molecular complexity index is 211. The van der Waals surface area contributed by atoms with Crippen LogP contribution in [-0.4, -0.2) is 35.5 Å². The number of hydrogen-bond donors (Lipinski definition) is 0. The maximum absolute atomic E-state index is 2.67. The summed E-state index contributed by atoms with van der Waals surface area (Å²) >= 11 is 2.10. The Kier molecular flexibility index (Phi) is 4.23. The van der Waals surface area contributed by atoms with Gasteiger partial charge in [0.2, 0.25) is 0 Å². The summed E-state index contributed by atoms with van der Waals surface area (Å²) < 4.78 is 0. The highest BCUT2D eigenvalue weighted by Crippen LogP contribution is 2.45. The molecule has 0 N–H and O–H groups in total. The van der Waals surface area contributed by atoms with E-state index in [1.807, 2.05) is 0 Å². The van der Waals surface area contributed by atoms with Crippen molar-refractivity contribution in [3.05, 3.63) is 0 Å². The first-order valence-corrected chi connectivity index (χ1v) is 7.98. The van der Waals surface area contributed by atoms with Gasteiger partial charge in [-0.2, -0.15) is 11.8 Å². The van der Waals surface area contributed by atoms with E-state index in [0.717, 1.165) is 16.6 Å². The van der Waals surface area contributed by atoms with Gasteiger partial charge < -0.3 is 4.90 Å². The highest BCUT2D eigenvalue weighted by Gasteiger charge is 2.43. The first kappa shape index (κ1) is 12.8. The van der Waals surface area contributed by atoms with Crippen LogP contribution >= 0.6 is 11.8 Å². The zero-order chi connectivity index (χ0) is 11.6. The van der Waals surface area contributed by atoms with Crippen molar-refractivity contribution < 1.29 is 0 Å². The third-order valence-corrected chi connectivity index (χ3v) is 5.40. The lowest BCUT2D eigenvalue weighted by Gasteiger charge is -2.53. The molecule has 16 heavy (non-hydrogen) atoms. The van der Waals surface area contributed by atoms with Crippen LogP contribution in [0.25, 0.3) is 0 Å². The van der Waals surface area contributed by atoms with E-state index in [9.17, 15) is 0 Å². The Balaban J connectivity index is 1.62. The van der Waals surface area contributed by atoms with Gasteiger partial charge in [0.25, 0.3) is 0 Å². The molecule has 0 atom stereocenters. The minimum absolute atomic E-state index is 0.759. The third kappa shape index (κ3) is 3.16. The fourth-order valence-corrected chi connectivity index (χ4v) is 4.00. The van der Waals surface area contributed by atoms with E-state index in [0.29, 0.717) is 0 Å². The van der Waals surface area contributed by atoms with Gasteiger partial charge in [0, 0.05) is 25.4 Å². The lowest BCUT2D eigenvalue weighted by atomic mass is 9.66. The molecule has 1 spiro atoms. The molecule has 1 aliphatic carbocycles. The van der Waals surface area contributed by atoms with Crippen LogP contribution in [0, 0.1) is 11.3 Å². The summed E-state index contributed by atoms with van der Waals surface area (Å²) in [7, 11) is 0. The fraction of sp³-hybridized carbons (Fsp3) is 1.00. The summed E-state index contributed by atoms with van der Waals surface area (Å²) in [6.07, 6.45) is 5.97. The van der Waals surface area contributed by atoms with Crippen LogP contribution in [0.1, 0.15) is 46.5 Å². The van der Waals surface area contributed by atoms with Gasteiger partial charge in [0.15, 0.2) is 0 Å². The highest BCUT2D eigenvalue weighted by atomic mass is 32.2. The summed E-state index contributed by atoms with van der Waals surface area (Å²) in [6, 6.07) is 0. The van der Waals surface area contributed by atoms with Crippen molar-refractivity contribution in [2.24, 2.45) is 11.3 Å². The number of rotatable bonds is 4. The van der Waals surface area contributed by atoms with Crippen molar-refractivity contribution >= 4 is 11.8 Å². The predicted molar refractivity (Wildman–Crippen MR) is 74.1 cm³/mol. The Morgan fingerprint density at radius 2 is 1.88 bits per heavy atom. The zero-order valence-electron chi connectivity index (χ0n) is 11.2. The Morgan fingerprint density at radius 3 is 2.44 bits per heavy atom. The third-order valence-electron chi connectivity index (χ3n) is 4.31. The van der Waals surface area contributed by atoms with Gasteiger partial charge in [-0.15, -0.1) is 0 Å². The molecule has 0 aromatic heterocycles. The molecule has 2 fully saturated rings. The number of hydrogen-bond acceptors (Lipinski definition) is 2. The van der Waals surface area contributed by atoms with Gasteiger partial charge in [0.05, 0.1) is 0 Å². The first-order valence-electron chi connectivity index (χ1n) is 6.94. The monoisotopic (exact) mass is 241 g/mol. The van der Waals surface area contributed by atoms with E-state index in [4.69, 9.17) is 0 Å². The van der Waals surface area contributed by atoms with Crippen molar-refractivity contribution in [1.82, 2.24) is 4.90 Å². The number of thioether (sulfide) groups is 1. The molecule has 0 aromatic carbocycles. The summed E-state index contributed by atoms with van der Waals surface area (Å²) in [5, 5.41) is 0.797. The largest absolute Gasteiger partial charge is 0.301 e. The summed E-state index contributed by atoms with van der Waals surface area (Å²) in [5.74, 6) is 2.32. The minimum atomic E-state index is 0.759. The van der Waals surface area contributed by atoms with Crippen molar-refractivity contribution in [1.29, 1.82) is 0 Å². The van der Waals surface area contributed by atoms with Gasteiger partial charge in [-0.1, -0.05) is 33.6 Å². The molecule has 2 heteroatoms. The molecule has 2 aliphatic rings. The van der Waals surface area contributed by atoms with Crippen molar-refractivity contribution in [3.8, 4) is 0 Å². The normalized spacial score (nSPS) is 26.2. The first-order chi connectivity index (χ1) is 7.60. The summed E-state index contributed by atoms with van der Waals surface area (Å²) in [4.78, 5) is 2.67. The molecule has 0 bridgehead atoms. The maximum atomic E-state index is 2.67. The molecule has 94 valence electrons. The van der Waals surface area contributed by atoms with Gasteiger partial charge in [-0.3, -0.25) is 0 Å². The van der Waals surface area contributed by atoms with E-state index in [1.54, 1.807) is 0 Å². The van der Waals surface area contributed by atoms with Crippen molar-refractivity contribution in [2.45, 2.75) is 51.7 Å². The zero-order valence-corrected chi connectivity index (χ0v) is 12.0. The van der Waals surface area contributed by atoms with E-state index in [-0.39, 0.29) is 0 Å². The molecule has 1 saturated heterocycles. The summed E-state index contributed by atoms with van der Waals surface area (Å²) in [5.41, 5.74) is 0.759. The van der Waals surface area contributed by atoms with E-state index >= 15 is 0 Å². The lowest BCUT2D eigenvalue weighted by molar-refractivity contribution is -0.0321. The quantitative estimate of drug-likeness (QED) is 0.739. The molecular formula is C14H27NS. The molecule has 1 aliphatic heterocycles. The van der Waals surface area contributed by atoms with Crippen LogP contribution < -0.4 is 0 Å². The molecule has 0 unspecified atom stereocenters. The molecule has 0 amide bonds. The highest BCUT2D eigenvalue weighted by molar-refractivity contribution is 7.99. The Hall–Kier alpha value is 0.310. The van der Waals surface area contributed by atoms with Crippen LogP contribution in [0.2, 0.25) is 0 Å². The van der Waals surface area contributed by atoms with Crippen LogP contribution in [0.3, 0.4) is 0 Å². The molecular weight excluding hydrogens is 214 g/mol. The van der Waals surface area contributed by atoms with Gasteiger partial charge >= 0.3 is 0 Å². The molecule has 1 nitrogen and oxygen atoms in total. The molecule has 1 heterocycles. The average molecular weight is 241 g/mol. The van der Waals surface area contributed by atoms with E-state index in [2.05, 4.69) is 37.4 Å². The average Bonchev–Trinajstić information content (AvgIpc) is 2.18. The second-order valence-corrected chi connectivity index (χ2v) is 8.00. The van der Waals surface area contributed by atoms with Crippen molar-refractivity contribution in [3.63, 3.8) is 0 Å². The van der Waals surface area contributed by atoms with Crippen LogP contribution in [0.4, 0.5) is 0 Å². The maximum Gasteiger partial charge on any atom is 0.00729 e. The van der Waals surface area contributed by atoms with Gasteiger partial charge in [-0.25, -0.2) is 0 Å². The van der Waals surface area contributed by atoms with Crippen LogP contribution in [0.15, 0.2) is 0 Å². The Labute approximate surface area is 105 Å². The standard InChI is InChI=1S/C14H27NS/c1-12(2)16-9-8-15-10-14(11-15)6-4-13(3)5-7-14/h12-13H,4-11H2,1-3H3. The lowest BCUT2D eigenvalue weighted by Crippen LogP contribution is -2.57. The Morgan fingerprint density at radius 1 is 1.25 bits per heavy atom. The fourth-order valence-electron chi connectivity index (χ4n) is 3.17. The second-order valence-electron chi connectivity index (χ2n) is 6.31. The van der Waals surface area contributed by atoms with Gasteiger partial charge in [-0.05, 0) is 29.4 Å². The minimum Gasteiger partial charge on any atom is -0.301 e.